The molecule has 0 fully saturated rings. The van der Waals surface area contributed by atoms with E-state index in [-0.39, 0.29) is 10.6 Å². The van der Waals surface area contributed by atoms with Crippen LogP contribution in [0.2, 0.25) is 0 Å². The van der Waals surface area contributed by atoms with Crippen molar-refractivity contribution in [2.45, 2.75) is 25.7 Å². The fourth-order valence-electron chi connectivity index (χ4n) is 2.80. The van der Waals surface area contributed by atoms with Crippen molar-refractivity contribution in [2.24, 2.45) is 0 Å². The van der Waals surface area contributed by atoms with Gasteiger partial charge in [0.1, 0.15) is 5.75 Å². The molecule has 5 heteroatoms. The predicted octanol–water partition coefficient (Wildman–Crippen LogP) is 4.27. The molecule has 0 spiro atoms. The first-order valence-electron chi connectivity index (χ1n) is 7.61. The Hall–Kier alpha value is -2.53. The Bertz CT molecular complexity index is 1040. The molecule has 4 nitrogen and oxygen atoms in total. The molecular weight excluding hydrogens is 322 g/mol. The van der Waals surface area contributed by atoms with Crippen LogP contribution in [0, 0.1) is 20.8 Å². The summed E-state index contributed by atoms with van der Waals surface area (Å²) in [4.78, 5) is 0.266. The number of aryl methyl sites for hydroxylation is 3. The quantitative estimate of drug-likeness (QED) is 0.699. The molecule has 0 radical (unpaired) electrons. The fraction of sp³-hybridized carbons (Fsp3) is 0.158. The summed E-state index contributed by atoms with van der Waals surface area (Å²) in [6.45, 7) is 5.64. The second kappa shape index (κ2) is 5.83. The summed E-state index contributed by atoms with van der Waals surface area (Å²) >= 11 is 0. The lowest BCUT2D eigenvalue weighted by atomic mass is 10.1. The van der Waals surface area contributed by atoms with Gasteiger partial charge in [-0.25, -0.2) is 8.42 Å². The van der Waals surface area contributed by atoms with Gasteiger partial charge in [0.05, 0.1) is 10.6 Å². The molecule has 3 aromatic rings. The van der Waals surface area contributed by atoms with Gasteiger partial charge >= 0.3 is 0 Å². The minimum atomic E-state index is -3.72. The summed E-state index contributed by atoms with van der Waals surface area (Å²) in [5.41, 5.74) is 3.13. The molecule has 3 rings (SSSR count). The fourth-order valence-corrected chi connectivity index (χ4v) is 4.19. The first-order chi connectivity index (χ1) is 11.3. The van der Waals surface area contributed by atoms with Crippen LogP contribution in [0.4, 0.5) is 5.69 Å². The van der Waals surface area contributed by atoms with E-state index in [1.165, 1.54) is 6.07 Å². The number of sulfonamides is 1. The van der Waals surface area contributed by atoms with Crippen LogP contribution in [-0.4, -0.2) is 13.5 Å². The number of fused-ring (bicyclic) bond motifs is 1. The summed E-state index contributed by atoms with van der Waals surface area (Å²) in [7, 11) is -3.72. The Morgan fingerprint density at radius 1 is 0.833 bits per heavy atom. The number of hydrogen-bond donors (Lipinski definition) is 2. The van der Waals surface area contributed by atoms with Crippen molar-refractivity contribution in [3.63, 3.8) is 0 Å². The van der Waals surface area contributed by atoms with Crippen LogP contribution in [0.5, 0.6) is 5.75 Å². The Kier molecular flexibility index (Phi) is 3.97. The van der Waals surface area contributed by atoms with Crippen LogP contribution in [-0.2, 0) is 10.0 Å². The molecule has 0 aliphatic carbocycles. The topological polar surface area (TPSA) is 66.4 Å². The van der Waals surface area contributed by atoms with Crippen molar-refractivity contribution in [3.8, 4) is 5.75 Å². The molecule has 124 valence electrons. The van der Waals surface area contributed by atoms with Crippen molar-refractivity contribution >= 4 is 26.5 Å². The van der Waals surface area contributed by atoms with Crippen LogP contribution in [0.3, 0.4) is 0 Å². The highest BCUT2D eigenvalue weighted by molar-refractivity contribution is 7.92. The van der Waals surface area contributed by atoms with E-state index in [4.69, 9.17) is 0 Å². The molecule has 0 heterocycles. The van der Waals surface area contributed by atoms with E-state index in [2.05, 4.69) is 4.72 Å². The zero-order valence-corrected chi connectivity index (χ0v) is 14.6. The van der Waals surface area contributed by atoms with Crippen molar-refractivity contribution in [2.75, 3.05) is 4.72 Å². The summed E-state index contributed by atoms with van der Waals surface area (Å²) < 4.78 is 28.3. The zero-order valence-electron chi connectivity index (χ0n) is 13.8. The molecule has 0 amide bonds. The van der Waals surface area contributed by atoms with Gasteiger partial charge in [0.25, 0.3) is 10.0 Å². The summed E-state index contributed by atoms with van der Waals surface area (Å²) in [6.07, 6.45) is 0. The van der Waals surface area contributed by atoms with Crippen LogP contribution in [0.1, 0.15) is 16.7 Å². The monoisotopic (exact) mass is 341 g/mol. The third-order valence-corrected chi connectivity index (χ3v) is 5.73. The summed E-state index contributed by atoms with van der Waals surface area (Å²) in [6, 6.07) is 13.8. The van der Waals surface area contributed by atoms with Gasteiger partial charge in [-0.3, -0.25) is 4.72 Å². The maximum Gasteiger partial charge on any atom is 0.262 e. The normalized spacial score (nSPS) is 11.6. The summed E-state index contributed by atoms with van der Waals surface area (Å²) in [5, 5.41) is 11.2. The number of phenols is 1. The van der Waals surface area contributed by atoms with Crippen molar-refractivity contribution in [3.05, 3.63) is 65.2 Å². The van der Waals surface area contributed by atoms with Gasteiger partial charge < -0.3 is 5.11 Å². The number of rotatable bonds is 3. The average Bonchev–Trinajstić information content (AvgIpc) is 2.53. The summed E-state index contributed by atoms with van der Waals surface area (Å²) in [5.74, 6) is 0.121. The molecule has 24 heavy (non-hydrogen) atoms. The number of nitrogens with one attached hydrogen (secondary N) is 1. The number of aromatic hydroxyl groups is 1. The predicted molar refractivity (Wildman–Crippen MR) is 97.1 cm³/mol. The molecule has 3 aromatic carbocycles. The molecule has 0 bridgehead atoms. The maximum atomic E-state index is 12.8. The lowest BCUT2D eigenvalue weighted by Gasteiger charge is -2.14. The Morgan fingerprint density at radius 3 is 2.17 bits per heavy atom. The van der Waals surface area contributed by atoms with Crippen LogP contribution >= 0.6 is 0 Å². The lowest BCUT2D eigenvalue weighted by Crippen LogP contribution is -2.15. The van der Waals surface area contributed by atoms with Gasteiger partial charge in [-0.2, -0.15) is 0 Å². The van der Waals surface area contributed by atoms with Gasteiger partial charge in [-0.15, -0.1) is 0 Å². The highest BCUT2D eigenvalue weighted by atomic mass is 32.2. The third-order valence-electron chi connectivity index (χ3n) is 4.23. The van der Waals surface area contributed by atoms with Gasteiger partial charge in [0.2, 0.25) is 0 Å². The van der Waals surface area contributed by atoms with E-state index in [0.717, 1.165) is 11.1 Å². The molecule has 0 saturated carbocycles. The van der Waals surface area contributed by atoms with E-state index in [1.54, 1.807) is 43.3 Å². The molecule has 2 N–H and O–H groups in total. The van der Waals surface area contributed by atoms with Gasteiger partial charge in [-0.1, -0.05) is 30.3 Å². The van der Waals surface area contributed by atoms with E-state index in [1.807, 2.05) is 19.9 Å². The third kappa shape index (κ3) is 2.83. The van der Waals surface area contributed by atoms with Gasteiger partial charge in [-0.05, 0) is 55.7 Å². The van der Waals surface area contributed by atoms with Gasteiger partial charge in [0, 0.05) is 10.8 Å². The van der Waals surface area contributed by atoms with E-state index >= 15 is 0 Å². The van der Waals surface area contributed by atoms with Crippen molar-refractivity contribution in [1.29, 1.82) is 0 Å². The first kappa shape index (κ1) is 16.3. The van der Waals surface area contributed by atoms with Crippen LogP contribution < -0.4 is 4.72 Å². The highest BCUT2D eigenvalue weighted by Crippen LogP contribution is 2.32. The second-order valence-corrected chi connectivity index (χ2v) is 7.64. The lowest BCUT2D eigenvalue weighted by molar-refractivity contribution is 0.481. The standard InChI is InChI=1S/C19H19NO3S/c1-12-10-14(3)19(11-13(12)2)24(22,23)20-17-8-9-18(21)16-7-5-4-6-15(16)17/h4-11,20-21H,1-3H3. The maximum absolute atomic E-state index is 12.8. The van der Waals surface area contributed by atoms with E-state index in [9.17, 15) is 13.5 Å². The molecule has 0 unspecified atom stereocenters. The Balaban J connectivity index is 2.12. The minimum Gasteiger partial charge on any atom is -0.507 e. The van der Waals surface area contributed by atoms with Crippen LogP contribution in [0.15, 0.2) is 53.4 Å². The average molecular weight is 341 g/mol. The van der Waals surface area contributed by atoms with Crippen molar-refractivity contribution < 1.29 is 13.5 Å². The highest BCUT2D eigenvalue weighted by Gasteiger charge is 2.19. The minimum absolute atomic E-state index is 0.121. The van der Waals surface area contributed by atoms with E-state index < -0.39 is 10.0 Å². The van der Waals surface area contributed by atoms with Crippen molar-refractivity contribution in [1.82, 2.24) is 0 Å². The first-order valence-corrected chi connectivity index (χ1v) is 9.09. The largest absolute Gasteiger partial charge is 0.507 e. The number of benzene rings is 3. The Morgan fingerprint density at radius 2 is 1.46 bits per heavy atom. The van der Waals surface area contributed by atoms with Crippen LogP contribution in [0.25, 0.3) is 10.8 Å². The zero-order chi connectivity index (χ0) is 17.5. The Labute approximate surface area is 141 Å². The number of hydrogen-bond acceptors (Lipinski definition) is 3. The second-order valence-electron chi connectivity index (χ2n) is 5.99. The molecule has 0 aromatic heterocycles. The molecular formula is C19H19NO3S. The molecule has 0 saturated heterocycles. The number of anilines is 1. The number of phenolic OH excluding ortho intramolecular Hbond substituents is 1. The molecule has 0 aliphatic heterocycles. The van der Waals surface area contributed by atoms with Gasteiger partial charge in [0.15, 0.2) is 0 Å². The molecule has 0 atom stereocenters. The smallest absolute Gasteiger partial charge is 0.262 e. The SMILES string of the molecule is Cc1cc(C)c(S(=O)(=O)Nc2ccc(O)c3ccccc23)cc1C. The molecule has 0 aliphatic rings. The van der Waals surface area contributed by atoms with E-state index in [0.29, 0.717) is 22.0 Å².